The van der Waals surface area contributed by atoms with Gasteiger partial charge in [0.15, 0.2) is 5.82 Å². The van der Waals surface area contributed by atoms with Crippen LogP contribution in [0.4, 0.5) is 5.82 Å². The highest BCUT2D eigenvalue weighted by molar-refractivity contribution is 5.43. The second-order valence-electron chi connectivity index (χ2n) is 5.05. The van der Waals surface area contributed by atoms with Crippen molar-refractivity contribution >= 4 is 5.82 Å². The molecule has 2 aromatic rings. The molecule has 1 aromatic heterocycles. The molecule has 0 amide bonds. The van der Waals surface area contributed by atoms with Crippen molar-refractivity contribution in [3.05, 3.63) is 46.7 Å². The Balaban J connectivity index is 2.11. The number of nitrogen functional groups attached to an aromatic ring is 1. The van der Waals surface area contributed by atoms with Gasteiger partial charge in [0.05, 0.1) is 0 Å². The Hall–Kier alpha value is -1.77. The maximum Gasteiger partial charge on any atom is 0.170 e. The maximum atomic E-state index is 5.83. The van der Waals surface area contributed by atoms with Crippen molar-refractivity contribution < 1.29 is 4.52 Å². The van der Waals surface area contributed by atoms with Crippen LogP contribution in [0.2, 0.25) is 0 Å². The SMILES string of the molecule is Cc1cccc(CCc2onc(N)c2C(C)C)c1. The number of hydrogen-bond acceptors (Lipinski definition) is 3. The van der Waals surface area contributed by atoms with Gasteiger partial charge in [0, 0.05) is 12.0 Å². The van der Waals surface area contributed by atoms with E-state index in [0.717, 1.165) is 24.2 Å². The summed E-state index contributed by atoms with van der Waals surface area (Å²) in [4.78, 5) is 0. The third kappa shape index (κ3) is 2.73. The van der Waals surface area contributed by atoms with Gasteiger partial charge >= 0.3 is 0 Å². The predicted molar refractivity (Wildman–Crippen MR) is 73.6 cm³/mol. The van der Waals surface area contributed by atoms with Crippen molar-refractivity contribution in [2.45, 2.75) is 39.5 Å². The number of anilines is 1. The molecule has 0 radical (unpaired) electrons. The first-order chi connectivity index (χ1) is 8.58. The molecule has 3 heteroatoms. The van der Waals surface area contributed by atoms with Crippen LogP contribution in [-0.4, -0.2) is 5.16 Å². The summed E-state index contributed by atoms with van der Waals surface area (Å²) in [6.45, 7) is 6.33. The van der Waals surface area contributed by atoms with Gasteiger partial charge in [-0.3, -0.25) is 0 Å². The van der Waals surface area contributed by atoms with Crippen LogP contribution in [0.3, 0.4) is 0 Å². The molecule has 0 spiro atoms. The van der Waals surface area contributed by atoms with Crippen molar-refractivity contribution in [1.82, 2.24) is 5.16 Å². The van der Waals surface area contributed by atoms with E-state index < -0.39 is 0 Å². The third-order valence-electron chi connectivity index (χ3n) is 3.13. The molecule has 3 nitrogen and oxygen atoms in total. The molecule has 0 saturated carbocycles. The van der Waals surface area contributed by atoms with Gasteiger partial charge in [-0.1, -0.05) is 48.8 Å². The molecule has 0 aliphatic heterocycles. The normalized spacial score (nSPS) is 11.1. The minimum absolute atomic E-state index is 0.351. The lowest BCUT2D eigenvalue weighted by atomic mass is 9.99. The van der Waals surface area contributed by atoms with E-state index in [-0.39, 0.29) is 0 Å². The molecule has 0 unspecified atom stereocenters. The third-order valence-corrected chi connectivity index (χ3v) is 3.13. The van der Waals surface area contributed by atoms with Crippen molar-refractivity contribution in [2.75, 3.05) is 5.73 Å². The van der Waals surface area contributed by atoms with E-state index in [2.05, 4.69) is 50.2 Å². The second-order valence-corrected chi connectivity index (χ2v) is 5.05. The number of benzene rings is 1. The Morgan fingerprint density at radius 2 is 2.06 bits per heavy atom. The predicted octanol–water partition coefficient (Wildman–Crippen LogP) is 3.47. The fourth-order valence-electron chi connectivity index (χ4n) is 2.27. The zero-order valence-electron chi connectivity index (χ0n) is 11.2. The summed E-state index contributed by atoms with van der Waals surface area (Å²) in [6, 6.07) is 8.54. The number of aryl methyl sites for hydroxylation is 3. The van der Waals surface area contributed by atoms with Crippen LogP contribution in [0, 0.1) is 6.92 Å². The van der Waals surface area contributed by atoms with Crippen LogP contribution in [0.15, 0.2) is 28.8 Å². The fraction of sp³-hybridized carbons (Fsp3) is 0.400. The average molecular weight is 244 g/mol. The van der Waals surface area contributed by atoms with Crippen LogP contribution in [0.5, 0.6) is 0 Å². The van der Waals surface area contributed by atoms with Gasteiger partial charge in [-0.25, -0.2) is 0 Å². The minimum atomic E-state index is 0.351. The lowest BCUT2D eigenvalue weighted by Gasteiger charge is -2.06. The minimum Gasteiger partial charge on any atom is -0.381 e. The van der Waals surface area contributed by atoms with E-state index in [1.165, 1.54) is 11.1 Å². The number of nitrogens with two attached hydrogens (primary N) is 1. The van der Waals surface area contributed by atoms with Crippen LogP contribution in [-0.2, 0) is 12.8 Å². The zero-order valence-corrected chi connectivity index (χ0v) is 11.2. The molecule has 2 N–H and O–H groups in total. The fourth-order valence-corrected chi connectivity index (χ4v) is 2.27. The Morgan fingerprint density at radius 3 is 2.72 bits per heavy atom. The van der Waals surface area contributed by atoms with Crippen molar-refractivity contribution in [3.63, 3.8) is 0 Å². The van der Waals surface area contributed by atoms with Crippen molar-refractivity contribution in [2.24, 2.45) is 0 Å². The first-order valence-electron chi connectivity index (χ1n) is 6.37. The van der Waals surface area contributed by atoms with Crippen LogP contribution < -0.4 is 5.73 Å². The van der Waals surface area contributed by atoms with Crippen molar-refractivity contribution in [3.8, 4) is 0 Å². The van der Waals surface area contributed by atoms with Gasteiger partial charge in [0.1, 0.15) is 5.76 Å². The summed E-state index contributed by atoms with van der Waals surface area (Å²) in [5, 5.41) is 3.87. The molecule has 0 saturated heterocycles. The summed E-state index contributed by atoms with van der Waals surface area (Å²) in [5.74, 6) is 1.80. The van der Waals surface area contributed by atoms with Gasteiger partial charge in [-0.2, -0.15) is 0 Å². The quantitative estimate of drug-likeness (QED) is 0.895. The first-order valence-corrected chi connectivity index (χ1v) is 6.37. The van der Waals surface area contributed by atoms with Crippen molar-refractivity contribution in [1.29, 1.82) is 0 Å². The van der Waals surface area contributed by atoms with Gasteiger partial charge in [-0.05, 0) is 24.8 Å². The lowest BCUT2D eigenvalue weighted by molar-refractivity contribution is 0.383. The molecular weight excluding hydrogens is 224 g/mol. The smallest absolute Gasteiger partial charge is 0.170 e. The average Bonchev–Trinajstić information content (AvgIpc) is 2.68. The van der Waals surface area contributed by atoms with Crippen LogP contribution >= 0.6 is 0 Å². The summed E-state index contributed by atoms with van der Waals surface area (Å²) < 4.78 is 5.33. The largest absolute Gasteiger partial charge is 0.381 e. The topological polar surface area (TPSA) is 52.0 Å². The summed E-state index contributed by atoms with van der Waals surface area (Å²) in [5.41, 5.74) is 9.49. The molecule has 2 rings (SSSR count). The highest BCUT2D eigenvalue weighted by Crippen LogP contribution is 2.26. The summed E-state index contributed by atoms with van der Waals surface area (Å²) in [6.07, 6.45) is 1.80. The Bertz CT molecular complexity index is 529. The Morgan fingerprint density at radius 1 is 1.28 bits per heavy atom. The molecule has 0 aliphatic rings. The van der Waals surface area contributed by atoms with Crippen LogP contribution in [0.25, 0.3) is 0 Å². The maximum absolute atomic E-state index is 5.83. The van der Waals surface area contributed by atoms with E-state index in [0.29, 0.717) is 11.7 Å². The standard InChI is InChI=1S/C15H20N2O/c1-10(2)14-13(18-17-15(14)16)8-7-12-6-4-5-11(3)9-12/h4-6,9-10H,7-8H2,1-3H3,(H2,16,17). The van der Waals surface area contributed by atoms with E-state index in [1.54, 1.807) is 0 Å². The number of rotatable bonds is 4. The highest BCUT2D eigenvalue weighted by atomic mass is 16.5. The Labute approximate surface area is 108 Å². The monoisotopic (exact) mass is 244 g/mol. The zero-order chi connectivity index (χ0) is 13.1. The second kappa shape index (κ2) is 5.25. The van der Waals surface area contributed by atoms with Gasteiger partial charge in [-0.15, -0.1) is 0 Å². The number of nitrogens with zero attached hydrogens (tertiary/aromatic N) is 1. The molecule has 1 heterocycles. The summed E-state index contributed by atoms with van der Waals surface area (Å²) >= 11 is 0. The van der Waals surface area contributed by atoms with Gasteiger partial charge in [0.2, 0.25) is 0 Å². The number of aromatic nitrogens is 1. The first kappa shape index (κ1) is 12.7. The Kier molecular flexibility index (Phi) is 3.70. The van der Waals surface area contributed by atoms with E-state index in [9.17, 15) is 0 Å². The molecular formula is C15H20N2O. The molecule has 18 heavy (non-hydrogen) atoms. The van der Waals surface area contributed by atoms with E-state index >= 15 is 0 Å². The van der Waals surface area contributed by atoms with Crippen LogP contribution in [0.1, 0.15) is 42.2 Å². The molecule has 96 valence electrons. The molecule has 0 aliphatic carbocycles. The van der Waals surface area contributed by atoms with Gasteiger partial charge < -0.3 is 10.3 Å². The molecule has 0 atom stereocenters. The number of hydrogen-bond donors (Lipinski definition) is 1. The molecule has 0 fully saturated rings. The van der Waals surface area contributed by atoms with Gasteiger partial charge in [0.25, 0.3) is 0 Å². The molecule has 1 aromatic carbocycles. The van der Waals surface area contributed by atoms with E-state index in [4.69, 9.17) is 10.3 Å². The summed E-state index contributed by atoms with van der Waals surface area (Å²) in [7, 11) is 0. The van der Waals surface area contributed by atoms with E-state index in [1.807, 2.05) is 0 Å². The highest BCUT2D eigenvalue weighted by Gasteiger charge is 2.16. The lowest BCUT2D eigenvalue weighted by Crippen LogP contribution is -1.99. The molecule has 0 bridgehead atoms.